The molecule has 0 saturated carbocycles. The van der Waals surface area contributed by atoms with Crippen LogP contribution in [-0.2, 0) is 10.0 Å². The van der Waals surface area contributed by atoms with Crippen LogP contribution in [0.3, 0.4) is 0 Å². The smallest absolute Gasteiger partial charge is 0.211 e. The van der Waals surface area contributed by atoms with Crippen LogP contribution in [-0.4, -0.2) is 15.0 Å². The number of nitrogens with one attached hydrogen (secondary N) is 1. The molecule has 0 spiro atoms. The highest BCUT2D eigenvalue weighted by Gasteiger charge is 2.18. The molecular formula is C17H21NO2S. The van der Waals surface area contributed by atoms with Crippen molar-refractivity contribution in [3.63, 3.8) is 0 Å². The van der Waals surface area contributed by atoms with E-state index in [-0.39, 0.29) is 5.92 Å². The second-order valence-corrected chi connectivity index (χ2v) is 6.87. The molecular weight excluding hydrogens is 282 g/mol. The maximum absolute atomic E-state index is 12.4. The van der Waals surface area contributed by atoms with E-state index in [2.05, 4.69) is 11.6 Å². The molecule has 21 heavy (non-hydrogen) atoms. The number of hydrogen-bond donors (Lipinski definition) is 1. The van der Waals surface area contributed by atoms with Gasteiger partial charge in [0.15, 0.2) is 0 Å². The first kappa shape index (κ1) is 15.7. The maximum Gasteiger partial charge on any atom is 0.240 e. The molecule has 2 aromatic rings. The topological polar surface area (TPSA) is 46.2 Å². The summed E-state index contributed by atoms with van der Waals surface area (Å²) in [5.74, 6) is 0.185. The predicted molar refractivity (Wildman–Crippen MR) is 85.8 cm³/mol. The minimum Gasteiger partial charge on any atom is -0.211 e. The van der Waals surface area contributed by atoms with Gasteiger partial charge >= 0.3 is 0 Å². The fourth-order valence-electron chi connectivity index (χ4n) is 2.37. The Morgan fingerprint density at radius 1 is 1.00 bits per heavy atom. The highest BCUT2D eigenvalue weighted by atomic mass is 32.2. The van der Waals surface area contributed by atoms with Crippen LogP contribution in [0.4, 0.5) is 0 Å². The molecule has 2 aromatic carbocycles. The van der Waals surface area contributed by atoms with Crippen molar-refractivity contribution in [1.29, 1.82) is 0 Å². The van der Waals surface area contributed by atoms with Crippen LogP contribution in [0.2, 0.25) is 0 Å². The zero-order valence-corrected chi connectivity index (χ0v) is 13.2. The van der Waals surface area contributed by atoms with Crippen molar-refractivity contribution in [1.82, 2.24) is 4.72 Å². The summed E-state index contributed by atoms with van der Waals surface area (Å²) in [6, 6.07) is 17.0. The molecule has 0 radical (unpaired) electrons. The first-order valence-electron chi connectivity index (χ1n) is 7.15. The highest BCUT2D eigenvalue weighted by Crippen LogP contribution is 2.20. The minimum atomic E-state index is -3.45. The molecule has 0 aromatic heterocycles. The van der Waals surface area contributed by atoms with Gasteiger partial charge in [-0.05, 0) is 36.5 Å². The second kappa shape index (κ2) is 6.87. The van der Waals surface area contributed by atoms with Crippen molar-refractivity contribution in [3.05, 3.63) is 65.7 Å². The first-order chi connectivity index (χ1) is 10.0. The lowest BCUT2D eigenvalue weighted by atomic mass is 9.97. The molecule has 0 amide bonds. The Bertz CT molecular complexity index is 681. The Balaban J connectivity index is 2.13. The average Bonchev–Trinajstić information content (AvgIpc) is 2.49. The molecule has 2 rings (SSSR count). The lowest BCUT2D eigenvalue weighted by Gasteiger charge is -2.17. The molecule has 0 bridgehead atoms. The lowest BCUT2D eigenvalue weighted by molar-refractivity contribution is 0.565. The maximum atomic E-state index is 12.4. The monoisotopic (exact) mass is 303 g/mol. The van der Waals surface area contributed by atoms with Crippen LogP contribution in [0.1, 0.15) is 30.4 Å². The third kappa shape index (κ3) is 3.93. The lowest BCUT2D eigenvalue weighted by Crippen LogP contribution is -2.29. The first-order valence-corrected chi connectivity index (χ1v) is 8.63. The van der Waals surface area contributed by atoms with Gasteiger partial charge < -0.3 is 0 Å². The van der Waals surface area contributed by atoms with Gasteiger partial charge in [0.1, 0.15) is 0 Å². The van der Waals surface area contributed by atoms with E-state index in [1.54, 1.807) is 12.1 Å². The summed E-state index contributed by atoms with van der Waals surface area (Å²) in [6.45, 7) is 4.29. The second-order valence-electron chi connectivity index (χ2n) is 5.13. The zero-order valence-electron chi connectivity index (χ0n) is 12.4. The van der Waals surface area contributed by atoms with Crippen molar-refractivity contribution >= 4 is 10.0 Å². The van der Waals surface area contributed by atoms with Gasteiger partial charge in [0.05, 0.1) is 4.90 Å². The standard InChI is InChI=1S/C17H21NO2S/c1-3-15(16-10-5-4-6-11-16)13-18-21(19,20)17-12-8-7-9-14(17)2/h4-12,15,18H,3,13H2,1-2H3. The highest BCUT2D eigenvalue weighted by molar-refractivity contribution is 7.89. The molecule has 1 atom stereocenters. The van der Waals surface area contributed by atoms with E-state index >= 15 is 0 Å². The summed E-state index contributed by atoms with van der Waals surface area (Å²) >= 11 is 0. The minimum absolute atomic E-state index is 0.185. The number of hydrogen-bond acceptors (Lipinski definition) is 2. The molecule has 0 aliphatic carbocycles. The fourth-order valence-corrected chi connectivity index (χ4v) is 3.69. The van der Waals surface area contributed by atoms with Crippen molar-refractivity contribution in [3.8, 4) is 0 Å². The van der Waals surface area contributed by atoms with Crippen LogP contribution < -0.4 is 4.72 Å². The summed E-state index contributed by atoms with van der Waals surface area (Å²) in [6.07, 6.45) is 0.889. The molecule has 0 aliphatic rings. The summed E-state index contributed by atoms with van der Waals surface area (Å²) in [4.78, 5) is 0.355. The summed E-state index contributed by atoms with van der Waals surface area (Å²) in [7, 11) is -3.45. The van der Waals surface area contributed by atoms with Crippen molar-refractivity contribution in [2.45, 2.75) is 31.1 Å². The average molecular weight is 303 g/mol. The molecule has 1 N–H and O–H groups in total. The third-order valence-corrected chi connectivity index (χ3v) is 5.25. The summed E-state index contributed by atoms with van der Waals surface area (Å²) in [5.41, 5.74) is 1.92. The summed E-state index contributed by atoms with van der Waals surface area (Å²) in [5, 5.41) is 0. The number of rotatable bonds is 6. The molecule has 0 heterocycles. The van der Waals surface area contributed by atoms with Gasteiger partial charge in [0, 0.05) is 6.54 Å². The Hall–Kier alpha value is -1.65. The van der Waals surface area contributed by atoms with E-state index in [9.17, 15) is 8.42 Å². The van der Waals surface area contributed by atoms with Crippen LogP contribution in [0.5, 0.6) is 0 Å². The van der Waals surface area contributed by atoms with Crippen molar-refractivity contribution < 1.29 is 8.42 Å². The predicted octanol–water partition coefficient (Wildman–Crippen LogP) is 3.47. The SMILES string of the molecule is CCC(CNS(=O)(=O)c1ccccc1C)c1ccccc1. The molecule has 1 unspecified atom stereocenters. The largest absolute Gasteiger partial charge is 0.240 e. The Kier molecular flexibility index (Phi) is 5.15. The van der Waals surface area contributed by atoms with Crippen LogP contribution in [0.25, 0.3) is 0 Å². The summed E-state index contributed by atoms with van der Waals surface area (Å²) < 4.78 is 27.5. The van der Waals surface area contributed by atoms with Crippen molar-refractivity contribution in [2.75, 3.05) is 6.54 Å². The van der Waals surface area contributed by atoms with Gasteiger partial charge in [-0.15, -0.1) is 0 Å². The van der Waals surface area contributed by atoms with Gasteiger partial charge in [-0.3, -0.25) is 0 Å². The van der Waals surface area contributed by atoms with Crippen LogP contribution in [0.15, 0.2) is 59.5 Å². The molecule has 0 saturated heterocycles. The van der Waals surface area contributed by atoms with E-state index in [0.29, 0.717) is 11.4 Å². The van der Waals surface area contributed by atoms with Crippen LogP contribution in [0, 0.1) is 6.92 Å². The number of sulfonamides is 1. The van der Waals surface area contributed by atoms with Gasteiger partial charge in [-0.25, -0.2) is 13.1 Å². The van der Waals surface area contributed by atoms with Crippen LogP contribution >= 0.6 is 0 Å². The Morgan fingerprint density at radius 2 is 1.62 bits per heavy atom. The van der Waals surface area contributed by atoms with E-state index in [0.717, 1.165) is 17.5 Å². The van der Waals surface area contributed by atoms with E-state index in [4.69, 9.17) is 0 Å². The third-order valence-electron chi connectivity index (χ3n) is 3.67. The van der Waals surface area contributed by atoms with Crippen molar-refractivity contribution in [2.24, 2.45) is 0 Å². The molecule has 3 nitrogen and oxygen atoms in total. The quantitative estimate of drug-likeness (QED) is 0.888. The number of aryl methyl sites for hydroxylation is 1. The van der Waals surface area contributed by atoms with Gasteiger partial charge in [0.25, 0.3) is 0 Å². The molecule has 112 valence electrons. The number of benzene rings is 2. The zero-order chi connectivity index (χ0) is 15.3. The van der Waals surface area contributed by atoms with Gasteiger partial charge in [0.2, 0.25) is 10.0 Å². The molecule has 0 aliphatic heterocycles. The normalized spacial score (nSPS) is 13.0. The fraction of sp³-hybridized carbons (Fsp3) is 0.294. The molecule has 0 fully saturated rings. The van der Waals surface area contributed by atoms with Gasteiger partial charge in [-0.1, -0.05) is 55.5 Å². The van der Waals surface area contributed by atoms with E-state index in [1.807, 2.05) is 49.4 Å². The van der Waals surface area contributed by atoms with Gasteiger partial charge in [-0.2, -0.15) is 0 Å². The Morgan fingerprint density at radius 3 is 2.24 bits per heavy atom. The van der Waals surface area contributed by atoms with E-state index in [1.165, 1.54) is 0 Å². The van der Waals surface area contributed by atoms with E-state index < -0.39 is 10.0 Å². The molecule has 4 heteroatoms. The Labute approximate surface area is 127 Å².